The zero-order valence-electron chi connectivity index (χ0n) is 17.2. The van der Waals surface area contributed by atoms with Crippen LogP contribution in [0.4, 0.5) is 5.69 Å². The van der Waals surface area contributed by atoms with E-state index in [0.717, 1.165) is 16.8 Å². The summed E-state index contributed by atoms with van der Waals surface area (Å²) in [5.41, 5.74) is 2.68. The first kappa shape index (κ1) is 21.9. The number of nitrogens with one attached hydrogen (secondary N) is 1. The van der Waals surface area contributed by atoms with Crippen LogP contribution in [0.3, 0.4) is 0 Å². The molecule has 162 valence electrons. The molecule has 0 saturated carbocycles. The van der Waals surface area contributed by atoms with Gasteiger partial charge in [0.2, 0.25) is 5.91 Å². The Labute approximate surface area is 195 Å². The van der Waals surface area contributed by atoms with Crippen LogP contribution in [-0.2, 0) is 11.4 Å². The van der Waals surface area contributed by atoms with Gasteiger partial charge in [-0.05, 0) is 60.6 Å². The topological polar surface area (TPSA) is 77.2 Å². The van der Waals surface area contributed by atoms with Gasteiger partial charge >= 0.3 is 0 Å². The number of rotatable bonds is 8. The van der Waals surface area contributed by atoms with Gasteiger partial charge in [-0.15, -0.1) is 10.2 Å². The van der Waals surface area contributed by atoms with Gasteiger partial charge in [0.25, 0.3) is 11.1 Å². The summed E-state index contributed by atoms with van der Waals surface area (Å²) in [6.45, 7) is 2.11. The van der Waals surface area contributed by atoms with Crippen LogP contribution < -0.4 is 10.1 Å². The maximum Gasteiger partial charge on any atom is 0.277 e. The molecule has 0 radical (unpaired) electrons. The summed E-state index contributed by atoms with van der Waals surface area (Å²) >= 11 is 7.07. The molecule has 4 rings (SSSR count). The molecular weight excluding hydrogens is 446 g/mol. The molecule has 0 saturated heterocycles. The van der Waals surface area contributed by atoms with Crippen molar-refractivity contribution in [3.05, 3.63) is 101 Å². The lowest BCUT2D eigenvalue weighted by Gasteiger charge is -2.15. The smallest absolute Gasteiger partial charge is 0.277 e. The molecule has 0 fully saturated rings. The first-order valence-corrected chi connectivity index (χ1v) is 11.1. The number of amides is 1. The number of aryl methyl sites for hydroxylation is 1. The highest BCUT2D eigenvalue weighted by Crippen LogP contribution is 2.35. The highest BCUT2D eigenvalue weighted by Gasteiger charge is 2.25. The Kier molecular flexibility index (Phi) is 7.09. The molecule has 0 aliphatic carbocycles. The van der Waals surface area contributed by atoms with E-state index in [1.54, 1.807) is 24.3 Å². The average molecular weight is 466 g/mol. The molecule has 0 aliphatic heterocycles. The summed E-state index contributed by atoms with van der Waals surface area (Å²) in [6, 6.07) is 24.1. The molecule has 0 bridgehead atoms. The zero-order valence-corrected chi connectivity index (χ0v) is 18.8. The fourth-order valence-corrected chi connectivity index (χ4v) is 3.89. The summed E-state index contributed by atoms with van der Waals surface area (Å²) in [5, 5.41) is 11.4. The minimum atomic E-state index is -0.567. The summed E-state index contributed by atoms with van der Waals surface area (Å²) in [7, 11) is 0. The van der Waals surface area contributed by atoms with Crippen molar-refractivity contribution in [2.24, 2.45) is 0 Å². The summed E-state index contributed by atoms with van der Waals surface area (Å²) in [4.78, 5) is 13.1. The molecular formula is C24H20ClN3O3S. The monoisotopic (exact) mass is 465 g/mol. The Balaban J connectivity index is 1.45. The Morgan fingerprint density at radius 3 is 2.47 bits per heavy atom. The number of aromatic nitrogens is 2. The number of hydrogen-bond donors (Lipinski definition) is 1. The normalized spacial score (nSPS) is 11.7. The predicted molar refractivity (Wildman–Crippen MR) is 125 cm³/mol. The second kappa shape index (κ2) is 10.3. The molecule has 1 heterocycles. The van der Waals surface area contributed by atoms with Crippen molar-refractivity contribution in [3.63, 3.8) is 0 Å². The van der Waals surface area contributed by atoms with Crippen molar-refractivity contribution in [3.8, 4) is 5.75 Å². The number of nitrogens with zero attached hydrogens (tertiary/aromatic N) is 2. The van der Waals surface area contributed by atoms with E-state index in [-0.39, 0.29) is 17.7 Å². The lowest BCUT2D eigenvalue weighted by molar-refractivity contribution is -0.115. The third-order valence-electron chi connectivity index (χ3n) is 4.50. The highest BCUT2D eigenvalue weighted by atomic mass is 35.5. The zero-order chi connectivity index (χ0) is 22.3. The predicted octanol–water partition coefficient (Wildman–Crippen LogP) is 6.08. The van der Waals surface area contributed by atoms with Crippen molar-refractivity contribution in [2.45, 2.75) is 24.0 Å². The van der Waals surface area contributed by atoms with E-state index in [0.29, 0.717) is 16.7 Å². The van der Waals surface area contributed by atoms with Crippen LogP contribution >= 0.6 is 23.4 Å². The molecule has 8 heteroatoms. The van der Waals surface area contributed by atoms with Gasteiger partial charge in [0.1, 0.15) is 11.0 Å². The van der Waals surface area contributed by atoms with E-state index in [4.69, 9.17) is 20.8 Å². The van der Waals surface area contributed by atoms with Gasteiger partial charge in [0, 0.05) is 10.7 Å². The van der Waals surface area contributed by atoms with Crippen LogP contribution in [-0.4, -0.2) is 16.1 Å². The first-order valence-electron chi connectivity index (χ1n) is 9.87. The lowest BCUT2D eigenvalue weighted by atomic mass is 10.1. The maximum absolute atomic E-state index is 13.1. The molecule has 4 aromatic rings. The molecule has 32 heavy (non-hydrogen) atoms. The molecule has 0 aliphatic rings. The number of hydrogen-bond acceptors (Lipinski definition) is 6. The van der Waals surface area contributed by atoms with Crippen LogP contribution in [0, 0.1) is 6.92 Å². The SMILES string of the molecule is Cc1ccc(NC(=O)C(Sc2nnc(COc3ccc(Cl)cc3)o2)c2ccccc2)cc1. The molecule has 1 unspecified atom stereocenters. The van der Waals surface area contributed by atoms with E-state index < -0.39 is 5.25 Å². The molecule has 6 nitrogen and oxygen atoms in total. The molecule has 1 aromatic heterocycles. The third-order valence-corrected chi connectivity index (χ3v) is 5.84. The van der Waals surface area contributed by atoms with Gasteiger partial charge < -0.3 is 14.5 Å². The minimum absolute atomic E-state index is 0.112. The van der Waals surface area contributed by atoms with Crippen molar-refractivity contribution >= 4 is 35.0 Å². The van der Waals surface area contributed by atoms with E-state index in [2.05, 4.69) is 15.5 Å². The van der Waals surface area contributed by atoms with Gasteiger partial charge in [-0.25, -0.2) is 0 Å². The Hall–Kier alpha value is -3.29. The van der Waals surface area contributed by atoms with Crippen molar-refractivity contribution in [2.75, 3.05) is 5.32 Å². The average Bonchev–Trinajstić information content (AvgIpc) is 3.27. The quantitative estimate of drug-likeness (QED) is 0.317. The standard InChI is InChI=1S/C24H20ClN3O3S/c1-16-7-11-19(12-8-16)26-23(29)22(17-5-3-2-4-6-17)32-24-28-27-21(31-24)15-30-20-13-9-18(25)10-14-20/h2-14,22H,15H2,1H3,(H,26,29). The molecule has 1 amide bonds. The Morgan fingerprint density at radius 2 is 1.75 bits per heavy atom. The van der Waals surface area contributed by atoms with Crippen molar-refractivity contribution < 1.29 is 13.9 Å². The van der Waals surface area contributed by atoms with E-state index in [9.17, 15) is 4.79 Å². The highest BCUT2D eigenvalue weighted by molar-refractivity contribution is 8.00. The minimum Gasteiger partial charge on any atom is -0.484 e. The van der Waals surface area contributed by atoms with Crippen LogP contribution in [0.1, 0.15) is 22.3 Å². The second-order valence-corrected chi connectivity index (χ2v) is 8.46. The summed E-state index contributed by atoms with van der Waals surface area (Å²) in [5.74, 6) is 0.775. The Morgan fingerprint density at radius 1 is 1.03 bits per heavy atom. The fraction of sp³-hybridized carbons (Fsp3) is 0.125. The van der Waals surface area contributed by atoms with Gasteiger partial charge in [-0.2, -0.15) is 0 Å². The van der Waals surface area contributed by atoms with Crippen LogP contribution in [0.2, 0.25) is 5.02 Å². The van der Waals surface area contributed by atoms with Gasteiger partial charge in [0.05, 0.1) is 0 Å². The van der Waals surface area contributed by atoms with Crippen molar-refractivity contribution in [1.82, 2.24) is 10.2 Å². The summed E-state index contributed by atoms with van der Waals surface area (Å²) < 4.78 is 11.3. The number of ether oxygens (including phenoxy) is 1. The number of anilines is 1. The van der Waals surface area contributed by atoms with Gasteiger partial charge in [-0.1, -0.05) is 59.6 Å². The van der Waals surface area contributed by atoms with Crippen LogP contribution in [0.5, 0.6) is 5.75 Å². The fourth-order valence-electron chi connectivity index (χ4n) is 2.87. The largest absolute Gasteiger partial charge is 0.484 e. The van der Waals surface area contributed by atoms with E-state index in [1.807, 2.05) is 61.5 Å². The number of thioether (sulfide) groups is 1. The Bertz CT molecular complexity index is 1170. The van der Waals surface area contributed by atoms with Gasteiger partial charge in [0.15, 0.2) is 6.61 Å². The number of benzene rings is 3. The maximum atomic E-state index is 13.1. The van der Waals surface area contributed by atoms with Crippen molar-refractivity contribution in [1.29, 1.82) is 0 Å². The third kappa shape index (κ3) is 5.90. The molecule has 0 spiro atoms. The molecule has 1 atom stereocenters. The van der Waals surface area contributed by atoms with Crippen LogP contribution in [0.15, 0.2) is 88.5 Å². The van der Waals surface area contributed by atoms with E-state index >= 15 is 0 Å². The molecule has 1 N–H and O–H groups in total. The van der Waals surface area contributed by atoms with E-state index in [1.165, 1.54) is 11.8 Å². The second-order valence-electron chi connectivity index (χ2n) is 6.97. The first-order chi connectivity index (χ1) is 15.6. The van der Waals surface area contributed by atoms with Gasteiger partial charge in [-0.3, -0.25) is 4.79 Å². The van der Waals surface area contributed by atoms with Crippen LogP contribution in [0.25, 0.3) is 0 Å². The molecule has 3 aromatic carbocycles. The summed E-state index contributed by atoms with van der Waals surface area (Å²) in [6.07, 6.45) is 0. The lowest BCUT2D eigenvalue weighted by Crippen LogP contribution is -2.19. The number of carbonyl (C=O) groups excluding carboxylic acids is 1. The number of carbonyl (C=O) groups is 1. The number of halogens is 1.